The Bertz CT molecular complexity index is 600. The summed E-state index contributed by atoms with van der Waals surface area (Å²) in [6.45, 7) is 4.18. The van der Waals surface area contributed by atoms with E-state index in [-0.39, 0.29) is 35.9 Å². The summed E-state index contributed by atoms with van der Waals surface area (Å²) < 4.78 is 31.5. The van der Waals surface area contributed by atoms with E-state index in [4.69, 9.17) is 4.74 Å². The zero-order valence-electron chi connectivity index (χ0n) is 15.1. The first-order valence-electron chi connectivity index (χ1n) is 8.60. The third kappa shape index (κ3) is 6.69. The van der Waals surface area contributed by atoms with Gasteiger partial charge in [0.1, 0.15) is 11.6 Å². The minimum atomic E-state index is -0.569. The van der Waals surface area contributed by atoms with Crippen molar-refractivity contribution in [3.05, 3.63) is 35.4 Å². The third-order valence-electron chi connectivity index (χ3n) is 4.25. The number of hydrogen-bond acceptors (Lipinski definition) is 3. The van der Waals surface area contributed by atoms with Gasteiger partial charge in [-0.05, 0) is 43.9 Å². The van der Waals surface area contributed by atoms with Gasteiger partial charge in [-0.15, -0.1) is 24.0 Å². The molecule has 1 heterocycles. The molecule has 0 saturated carbocycles. The van der Waals surface area contributed by atoms with Crippen molar-refractivity contribution in [1.82, 2.24) is 10.2 Å². The molecule has 2 rings (SSSR count). The predicted molar refractivity (Wildman–Crippen MR) is 108 cm³/mol. The van der Waals surface area contributed by atoms with E-state index in [0.29, 0.717) is 25.1 Å². The fourth-order valence-corrected chi connectivity index (χ4v) is 2.99. The molecule has 0 aromatic heterocycles. The molecule has 1 saturated heterocycles. The molecule has 1 aliphatic rings. The van der Waals surface area contributed by atoms with E-state index in [9.17, 15) is 13.6 Å². The van der Waals surface area contributed by atoms with Crippen molar-refractivity contribution in [1.29, 1.82) is 0 Å². The standard InChI is InChI=1S/C18H25F2N3O2.HI/c1-3-25-17(24)14-5-8-23(9-6-14)18(21-2)22-7-4-13-10-15(19)12-16(20)11-13;/h10-12,14H,3-9H2,1-2H3,(H,21,22);1H. The molecule has 0 atom stereocenters. The maximum atomic E-state index is 13.2. The first-order valence-corrected chi connectivity index (χ1v) is 8.60. The number of nitrogens with zero attached hydrogens (tertiary/aromatic N) is 2. The molecule has 0 spiro atoms. The molecule has 1 aromatic rings. The normalized spacial score (nSPS) is 15.4. The van der Waals surface area contributed by atoms with Gasteiger partial charge < -0.3 is 15.0 Å². The number of esters is 1. The van der Waals surface area contributed by atoms with Crippen LogP contribution in [0.1, 0.15) is 25.3 Å². The summed E-state index contributed by atoms with van der Waals surface area (Å²) in [6, 6.07) is 3.53. The van der Waals surface area contributed by atoms with Crippen molar-refractivity contribution in [3.63, 3.8) is 0 Å². The van der Waals surface area contributed by atoms with Gasteiger partial charge in [0.15, 0.2) is 5.96 Å². The first kappa shape index (κ1) is 22.6. The highest BCUT2D eigenvalue weighted by Gasteiger charge is 2.27. The highest BCUT2D eigenvalue weighted by atomic mass is 127. The number of rotatable bonds is 5. The second-order valence-corrected chi connectivity index (χ2v) is 6.02. The summed E-state index contributed by atoms with van der Waals surface area (Å²) in [6.07, 6.45) is 1.95. The third-order valence-corrected chi connectivity index (χ3v) is 4.25. The zero-order chi connectivity index (χ0) is 18.2. The molecule has 1 N–H and O–H groups in total. The molecular formula is C18H26F2IN3O2. The molecule has 1 fully saturated rings. The van der Waals surface area contributed by atoms with Crippen molar-refractivity contribution in [2.24, 2.45) is 10.9 Å². The van der Waals surface area contributed by atoms with Crippen molar-refractivity contribution in [2.75, 3.05) is 33.3 Å². The summed E-state index contributed by atoms with van der Waals surface area (Å²) in [7, 11) is 1.70. The van der Waals surface area contributed by atoms with Crippen LogP contribution in [-0.4, -0.2) is 50.1 Å². The van der Waals surface area contributed by atoms with Crippen LogP contribution < -0.4 is 5.32 Å². The summed E-state index contributed by atoms with van der Waals surface area (Å²) in [5.74, 6) is -0.581. The fraction of sp³-hybridized carbons (Fsp3) is 0.556. The predicted octanol–water partition coefficient (Wildman–Crippen LogP) is 2.98. The van der Waals surface area contributed by atoms with Crippen molar-refractivity contribution < 1.29 is 18.3 Å². The van der Waals surface area contributed by atoms with Gasteiger partial charge in [0, 0.05) is 32.7 Å². The van der Waals surface area contributed by atoms with Gasteiger partial charge in [-0.1, -0.05) is 0 Å². The van der Waals surface area contributed by atoms with Crippen LogP contribution in [0.3, 0.4) is 0 Å². The number of piperidine rings is 1. The molecule has 146 valence electrons. The van der Waals surface area contributed by atoms with Gasteiger partial charge in [0.25, 0.3) is 0 Å². The minimum Gasteiger partial charge on any atom is -0.466 e. The van der Waals surface area contributed by atoms with Crippen LogP contribution in [0.2, 0.25) is 0 Å². The number of aliphatic imine (C=N–C) groups is 1. The Hall–Kier alpha value is -1.45. The van der Waals surface area contributed by atoms with Gasteiger partial charge in [-0.2, -0.15) is 0 Å². The molecule has 1 aliphatic heterocycles. The molecule has 0 aliphatic carbocycles. The number of benzene rings is 1. The molecule has 0 unspecified atom stereocenters. The lowest BCUT2D eigenvalue weighted by Crippen LogP contribution is -2.47. The molecule has 0 bridgehead atoms. The van der Waals surface area contributed by atoms with Crippen LogP contribution >= 0.6 is 24.0 Å². The highest BCUT2D eigenvalue weighted by Crippen LogP contribution is 2.18. The molecule has 26 heavy (non-hydrogen) atoms. The number of ether oxygens (including phenoxy) is 1. The number of nitrogens with one attached hydrogen (secondary N) is 1. The Morgan fingerprint density at radius 1 is 1.27 bits per heavy atom. The summed E-state index contributed by atoms with van der Waals surface area (Å²) in [5, 5.41) is 3.21. The number of hydrogen-bond donors (Lipinski definition) is 1. The van der Waals surface area contributed by atoms with Crippen LogP contribution in [0, 0.1) is 17.6 Å². The van der Waals surface area contributed by atoms with E-state index in [1.165, 1.54) is 12.1 Å². The van der Waals surface area contributed by atoms with Gasteiger partial charge in [-0.3, -0.25) is 9.79 Å². The monoisotopic (exact) mass is 481 g/mol. The molecular weight excluding hydrogens is 455 g/mol. The van der Waals surface area contributed by atoms with E-state index >= 15 is 0 Å². The van der Waals surface area contributed by atoms with Crippen molar-refractivity contribution >= 4 is 35.9 Å². The Morgan fingerprint density at radius 3 is 2.42 bits per heavy atom. The topological polar surface area (TPSA) is 53.9 Å². The van der Waals surface area contributed by atoms with Crippen LogP contribution in [0.25, 0.3) is 0 Å². The second-order valence-electron chi connectivity index (χ2n) is 6.02. The van der Waals surface area contributed by atoms with E-state index in [2.05, 4.69) is 15.2 Å². The lowest BCUT2D eigenvalue weighted by Gasteiger charge is -2.33. The maximum absolute atomic E-state index is 13.2. The summed E-state index contributed by atoms with van der Waals surface area (Å²) in [4.78, 5) is 18.1. The van der Waals surface area contributed by atoms with Gasteiger partial charge >= 0.3 is 5.97 Å². The minimum absolute atomic E-state index is 0. The van der Waals surface area contributed by atoms with Crippen LogP contribution in [0.5, 0.6) is 0 Å². The van der Waals surface area contributed by atoms with Crippen LogP contribution in [0.4, 0.5) is 8.78 Å². The van der Waals surface area contributed by atoms with Crippen molar-refractivity contribution in [3.8, 4) is 0 Å². The highest BCUT2D eigenvalue weighted by molar-refractivity contribution is 14.0. The lowest BCUT2D eigenvalue weighted by atomic mass is 9.97. The largest absolute Gasteiger partial charge is 0.466 e. The van der Waals surface area contributed by atoms with E-state index in [1.807, 2.05) is 6.92 Å². The van der Waals surface area contributed by atoms with E-state index < -0.39 is 11.6 Å². The molecule has 0 amide bonds. The Morgan fingerprint density at radius 2 is 1.88 bits per heavy atom. The number of guanidine groups is 1. The summed E-state index contributed by atoms with van der Waals surface area (Å²) >= 11 is 0. The number of carbonyl (C=O) groups excluding carboxylic acids is 1. The fourth-order valence-electron chi connectivity index (χ4n) is 2.99. The Kier molecular flexibility index (Phi) is 9.82. The van der Waals surface area contributed by atoms with Crippen LogP contribution in [0.15, 0.2) is 23.2 Å². The Balaban J connectivity index is 0.00000338. The molecule has 0 radical (unpaired) electrons. The van der Waals surface area contributed by atoms with Crippen molar-refractivity contribution in [2.45, 2.75) is 26.2 Å². The molecule has 8 heteroatoms. The number of likely N-dealkylation sites (tertiary alicyclic amines) is 1. The smallest absolute Gasteiger partial charge is 0.309 e. The maximum Gasteiger partial charge on any atom is 0.309 e. The number of halogens is 3. The Labute approximate surface area is 170 Å². The van der Waals surface area contributed by atoms with Crippen LogP contribution in [-0.2, 0) is 16.0 Å². The average molecular weight is 481 g/mol. The van der Waals surface area contributed by atoms with E-state index in [0.717, 1.165) is 38.0 Å². The zero-order valence-corrected chi connectivity index (χ0v) is 17.5. The quantitative estimate of drug-likeness (QED) is 0.304. The lowest BCUT2D eigenvalue weighted by molar-refractivity contribution is -0.149. The SMILES string of the molecule is CCOC(=O)C1CCN(C(=NC)NCCc2cc(F)cc(F)c2)CC1.I. The molecule has 5 nitrogen and oxygen atoms in total. The van der Waals surface area contributed by atoms with Gasteiger partial charge in [-0.25, -0.2) is 8.78 Å². The first-order chi connectivity index (χ1) is 12.0. The number of carbonyl (C=O) groups is 1. The average Bonchev–Trinajstić information content (AvgIpc) is 2.58. The van der Waals surface area contributed by atoms with E-state index in [1.54, 1.807) is 7.05 Å². The summed E-state index contributed by atoms with van der Waals surface area (Å²) in [5.41, 5.74) is 0.599. The van der Waals surface area contributed by atoms with Gasteiger partial charge in [0.05, 0.1) is 12.5 Å². The molecule has 1 aromatic carbocycles. The second kappa shape index (κ2) is 11.3. The van der Waals surface area contributed by atoms with Gasteiger partial charge in [0.2, 0.25) is 0 Å².